The van der Waals surface area contributed by atoms with E-state index in [4.69, 9.17) is 5.26 Å². The van der Waals surface area contributed by atoms with Crippen molar-refractivity contribution in [2.45, 2.75) is 0 Å². The number of nitro benzene ring substituents is 1. The highest BCUT2D eigenvalue weighted by Crippen LogP contribution is 2.27. The zero-order valence-corrected chi connectivity index (χ0v) is 10.9. The van der Waals surface area contributed by atoms with Crippen LogP contribution in [0.1, 0.15) is 11.1 Å². The van der Waals surface area contributed by atoms with Gasteiger partial charge in [-0.2, -0.15) is 5.26 Å². The van der Waals surface area contributed by atoms with Crippen molar-refractivity contribution in [1.29, 1.82) is 5.26 Å². The van der Waals surface area contributed by atoms with Crippen LogP contribution in [0.15, 0.2) is 22.8 Å². The van der Waals surface area contributed by atoms with Crippen LogP contribution in [-0.4, -0.2) is 23.9 Å². The van der Waals surface area contributed by atoms with Gasteiger partial charge in [-0.15, -0.1) is 0 Å². The molecule has 0 atom stereocenters. The smallest absolute Gasteiger partial charge is 0.278 e. The summed E-state index contributed by atoms with van der Waals surface area (Å²) in [6, 6.07) is 4.73. The summed E-state index contributed by atoms with van der Waals surface area (Å²) in [5, 5.41) is 19.7. The van der Waals surface area contributed by atoms with Crippen LogP contribution in [0.3, 0.4) is 0 Å². The normalized spacial score (nSPS) is 10.2. The second kappa shape index (κ2) is 5.46. The van der Waals surface area contributed by atoms with Gasteiger partial charge in [-0.3, -0.25) is 10.1 Å². The second-order valence-electron chi connectivity index (χ2n) is 3.54. The molecule has 0 N–H and O–H groups in total. The Balaban J connectivity index is 3.34. The molecule has 1 aromatic rings. The Morgan fingerprint density at radius 2 is 2.18 bits per heavy atom. The highest BCUT2D eigenvalue weighted by Gasteiger charge is 2.15. The highest BCUT2D eigenvalue weighted by atomic mass is 79.9. The first-order valence-electron chi connectivity index (χ1n) is 4.68. The van der Waals surface area contributed by atoms with Crippen molar-refractivity contribution in [3.63, 3.8) is 0 Å². The molecule has 0 aromatic heterocycles. The summed E-state index contributed by atoms with van der Waals surface area (Å²) in [5.74, 6) is 0. The van der Waals surface area contributed by atoms with Crippen LogP contribution in [0.4, 0.5) is 5.69 Å². The molecular formula is C11H10BrN3O2. The first-order valence-corrected chi connectivity index (χ1v) is 5.47. The summed E-state index contributed by atoms with van der Waals surface area (Å²) >= 11 is 3.21. The molecule has 0 aliphatic carbocycles. The minimum absolute atomic E-state index is 0.0807. The maximum Gasteiger partial charge on any atom is 0.278 e. The van der Waals surface area contributed by atoms with Crippen molar-refractivity contribution < 1.29 is 4.92 Å². The molecule has 5 nitrogen and oxygen atoms in total. The standard InChI is InChI=1S/C11H10BrN3O2/c1-14(2)4-3-8-5-10(12)9(7-13)6-11(8)15(16)17/h3-6H,1-2H3. The maximum absolute atomic E-state index is 10.9. The fourth-order valence-corrected chi connectivity index (χ4v) is 1.63. The average Bonchev–Trinajstić information content (AvgIpc) is 2.25. The molecule has 0 spiro atoms. The minimum Gasteiger partial charge on any atom is -0.383 e. The predicted octanol–water partition coefficient (Wildman–Crippen LogP) is 2.76. The topological polar surface area (TPSA) is 70.2 Å². The van der Waals surface area contributed by atoms with Crippen LogP contribution in [0.25, 0.3) is 6.08 Å². The van der Waals surface area contributed by atoms with Crippen molar-refractivity contribution in [2.24, 2.45) is 0 Å². The zero-order chi connectivity index (χ0) is 13.0. The molecule has 88 valence electrons. The lowest BCUT2D eigenvalue weighted by Gasteiger charge is -2.04. The molecule has 17 heavy (non-hydrogen) atoms. The van der Waals surface area contributed by atoms with Crippen LogP contribution < -0.4 is 0 Å². The fourth-order valence-electron chi connectivity index (χ4n) is 1.18. The van der Waals surface area contributed by atoms with Crippen molar-refractivity contribution in [3.05, 3.63) is 44.0 Å². The van der Waals surface area contributed by atoms with E-state index in [2.05, 4.69) is 15.9 Å². The van der Waals surface area contributed by atoms with E-state index in [9.17, 15) is 10.1 Å². The lowest BCUT2D eigenvalue weighted by molar-refractivity contribution is -0.385. The number of halogens is 1. The van der Waals surface area contributed by atoms with E-state index in [1.807, 2.05) is 20.2 Å². The number of hydrogen-bond acceptors (Lipinski definition) is 4. The largest absolute Gasteiger partial charge is 0.383 e. The Morgan fingerprint density at radius 3 is 2.65 bits per heavy atom. The molecule has 1 rings (SSSR count). The van der Waals surface area contributed by atoms with Gasteiger partial charge < -0.3 is 4.90 Å². The fraction of sp³-hybridized carbons (Fsp3) is 0.182. The molecule has 1 aromatic carbocycles. The summed E-state index contributed by atoms with van der Waals surface area (Å²) < 4.78 is 0.545. The first-order chi connectivity index (χ1) is 7.95. The minimum atomic E-state index is -0.497. The average molecular weight is 296 g/mol. The van der Waals surface area contributed by atoms with Gasteiger partial charge >= 0.3 is 0 Å². The molecule has 0 radical (unpaired) electrons. The molecule has 0 saturated heterocycles. The maximum atomic E-state index is 10.9. The SMILES string of the molecule is CN(C)C=Cc1cc(Br)c(C#N)cc1[N+](=O)[O-]. The molecule has 0 fully saturated rings. The molecule has 0 amide bonds. The van der Waals surface area contributed by atoms with Crippen molar-refractivity contribution >= 4 is 27.7 Å². The monoisotopic (exact) mass is 295 g/mol. The number of benzene rings is 1. The number of nitriles is 1. The van der Waals surface area contributed by atoms with Gasteiger partial charge in [-0.05, 0) is 34.3 Å². The Kier molecular flexibility index (Phi) is 4.24. The number of hydrogen-bond donors (Lipinski definition) is 0. The van der Waals surface area contributed by atoms with Crippen LogP contribution in [0.5, 0.6) is 0 Å². The van der Waals surface area contributed by atoms with E-state index in [-0.39, 0.29) is 11.3 Å². The number of rotatable bonds is 3. The van der Waals surface area contributed by atoms with Gasteiger partial charge in [-0.25, -0.2) is 0 Å². The summed E-state index contributed by atoms with van der Waals surface area (Å²) in [6.07, 6.45) is 3.34. The molecule has 0 bridgehead atoms. The first kappa shape index (κ1) is 13.2. The lowest BCUT2D eigenvalue weighted by Crippen LogP contribution is -2.00. The molecule has 0 unspecified atom stereocenters. The van der Waals surface area contributed by atoms with Gasteiger partial charge in [0.1, 0.15) is 6.07 Å². The molecule has 6 heteroatoms. The van der Waals surface area contributed by atoms with Gasteiger partial charge in [0, 0.05) is 24.6 Å². The third-order valence-electron chi connectivity index (χ3n) is 1.99. The Morgan fingerprint density at radius 1 is 1.53 bits per heavy atom. The van der Waals surface area contributed by atoms with Crippen molar-refractivity contribution in [1.82, 2.24) is 4.90 Å². The Bertz CT molecular complexity index is 518. The Hall–Kier alpha value is -1.87. The predicted molar refractivity (Wildman–Crippen MR) is 68.2 cm³/mol. The molecule has 0 saturated carbocycles. The molecule has 0 aliphatic heterocycles. The van der Waals surface area contributed by atoms with Crippen LogP contribution >= 0.6 is 15.9 Å². The summed E-state index contributed by atoms with van der Waals surface area (Å²) in [7, 11) is 3.64. The third-order valence-corrected chi connectivity index (χ3v) is 2.64. The van der Waals surface area contributed by atoms with E-state index in [0.717, 1.165) is 0 Å². The number of nitrogens with zero attached hydrogens (tertiary/aromatic N) is 3. The van der Waals surface area contributed by atoms with Gasteiger partial charge in [0.2, 0.25) is 0 Å². The van der Waals surface area contributed by atoms with E-state index in [1.54, 1.807) is 23.2 Å². The zero-order valence-electron chi connectivity index (χ0n) is 9.35. The molecular weight excluding hydrogens is 286 g/mol. The lowest BCUT2D eigenvalue weighted by atomic mass is 10.1. The quantitative estimate of drug-likeness (QED) is 0.635. The van der Waals surface area contributed by atoms with Crippen LogP contribution in [-0.2, 0) is 0 Å². The third kappa shape index (κ3) is 3.29. The summed E-state index contributed by atoms with van der Waals surface area (Å²) in [6.45, 7) is 0. The Labute approximate surface area is 107 Å². The van der Waals surface area contributed by atoms with Gasteiger partial charge in [-0.1, -0.05) is 0 Å². The van der Waals surface area contributed by atoms with Gasteiger partial charge in [0.25, 0.3) is 5.69 Å². The van der Waals surface area contributed by atoms with Gasteiger partial charge in [0.15, 0.2) is 0 Å². The van der Waals surface area contributed by atoms with Crippen LogP contribution in [0.2, 0.25) is 0 Å². The van der Waals surface area contributed by atoms with Gasteiger partial charge in [0.05, 0.1) is 16.1 Å². The van der Waals surface area contributed by atoms with Crippen molar-refractivity contribution in [2.75, 3.05) is 14.1 Å². The molecule has 0 aliphatic rings. The summed E-state index contributed by atoms with van der Waals surface area (Å²) in [5.41, 5.74) is 0.621. The van der Waals surface area contributed by atoms with Crippen molar-refractivity contribution in [3.8, 4) is 6.07 Å². The van der Waals surface area contributed by atoms with E-state index in [0.29, 0.717) is 10.0 Å². The second-order valence-corrected chi connectivity index (χ2v) is 4.39. The van der Waals surface area contributed by atoms with E-state index < -0.39 is 4.92 Å². The van der Waals surface area contributed by atoms with Crippen LogP contribution in [0, 0.1) is 21.4 Å². The highest BCUT2D eigenvalue weighted by molar-refractivity contribution is 9.10. The number of nitro groups is 1. The van der Waals surface area contributed by atoms with E-state index >= 15 is 0 Å². The molecule has 0 heterocycles. The van der Waals surface area contributed by atoms with E-state index in [1.165, 1.54) is 6.07 Å². The summed E-state index contributed by atoms with van der Waals surface area (Å²) in [4.78, 5) is 12.2.